The molecule has 2 aliphatic rings. The predicted octanol–water partition coefficient (Wildman–Crippen LogP) is 1.91. The number of hydrogen-bond donors (Lipinski definition) is 0. The lowest BCUT2D eigenvalue weighted by atomic mass is 9.96. The Bertz CT molecular complexity index is 559. The van der Waals surface area contributed by atoms with Crippen molar-refractivity contribution in [1.82, 2.24) is 19.8 Å². The average molecular weight is 331 g/mol. The summed E-state index contributed by atoms with van der Waals surface area (Å²) in [6.45, 7) is 4.58. The van der Waals surface area contributed by atoms with Crippen molar-refractivity contribution in [1.29, 1.82) is 0 Å². The van der Waals surface area contributed by atoms with Gasteiger partial charge in [-0.15, -0.1) is 0 Å². The largest absolute Gasteiger partial charge is 0.347 e. The van der Waals surface area contributed by atoms with E-state index in [0.29, 0.717) is 12.1 Å². The second-order valence-corrected chi connectivity index (χ2v) is 7.24. The van der Waals surface area contributed by atoms with E-state index in [1.807, 2.05) is 31.4 Å². The molecular formula is C18H29N5O. The van der Waals surface area contributed by atoms with Crippen LogP contribution in [-0.2, 0) is 11.3 Å². The highest BCUT2D eigenvalue weighted by Crippen LogP contribution is 2.30. The summed E-state index contributed by atoms with van der Waals surface area (Å²) in [5.41, 5.74) is 1.15. The number of likely N-dealkylation sites (tertiary alicyclic amines) is 2. The molecule has 24 heavy (non-hydrogen) atoms. The van der Waals surface area contributed by atoms with E-state index in [9.17, 15) is 4.79 Å². The molecule has 0 radical (unpaired) electrons. The number of nitrogens with zero attached hydrogens (tertiary/aromatic N) is 5. The van der Waals surface area contributed by atoms with E-state index in [0.717, 1.165) is 44.0 Å². The van der Waals surface area contributed by atoms with Crippen LogP contribution in [0.15, 0.2) is 12.4 Å². The third-order valence-corrected chi connectivity index (χ3v) is 5.31. The van der Waals surface area contributed by atoms with E-state index >= 15 is 0 Å². The second kappa shape index (κ2) is 7.47. The van der Waals surface area contributed by atoms with Gasteiger partial charge in [-0.3, -0.25) is 9.69 Å². The predicted molar refractivity (Wildman–Crippen MR) is 94.8 cm³/mol. The van der Waals surface area contributed by atoms with Crippen LogP contribution in [0.2, 0.25) is 0 Å². The van der Waals surface area contributed by atoms with Crippen molar-refractivity contribution >= 4 is 11.9 Å². The zero-order chi connectivity index (χ0) is 17.1. The molecule has 3 heterocycles. The minimum Gasteiger partial charge on any atom is -0.347 e. The Hall–Kier alpha value is -1.69. The molecule has 0 aliphatic carbocycles. The molecule has 3 rings (SSSR count). The van der Waals surface area contributed by atoms with Gasteiger partial charge in [0.1, 0.15) is 0 Å². The van der Waals surface area contributed by atoms with E-state index in [1.54, 1.807) is 6.92 Å². The lowest BCUT2D eigenvalue weighted by Crippen LogP contribution is -2.47. The fraction of sp³-hybridized carbons (Fsp3) is 0.722. The first-order valence-corrected chi connectivity index (χ1v) is 9.06. The van der Waals surface area contributed by atoms with Crippen molar-refractivity contribution < 1.29 is 4.79 Å². The first kappa shape index (κ1) is 17.1. The van der Waals surface area contributed by atoms with Crippen molar-refractivity contribution in [3.63, 3.8) is 0 Å². The van der Waals surface area contributed by atoms with Gasteiger partial charge in [0, 0.05) is 64.1 Å². The second-order valence-electron chi connectivity index (χ2n) is 7.24. The van der Waals surface area contributed by atoms with Crippen LogP contribution >= 0.6 is 0 Å². The van der Waals surface area contributed by atoms with Gasteiger partial charge in [0.05, 0.1) is 0 Å². The smallest absolute Gasteiger partial charge is 0.224 e. The lowest BCUT2D eigenvalue weighted by Gasteiger charge is -2.37. The van der Waals surface area contributed by atoms with E-state index in [2.05, 4.69) is 19.8 Å². The first-order valence-electron chi connectivity index (χ1n) is 9.06. The maximum Gasteiger partial charge on any atom is 0.224 e. The maximum absolute atomic E-state index is 11.9. The summed E-state index contributed by atoms with van der Waals surface area (Å²) in [6.07, 6.45) is 9.82. The monoisotopic (exact) mass is 331 g/mol. The number of fused-ring (bicyclic) bond motifs is 1. The molecule has 132 valence electrons. The van der Waals surface area contributed by atoms with Crippen molar-refractivity contribution in [2.24, 2.45) is 0 Å². The lowest BCUT2D eigenvalue weighted by molar-refractivity contribution is -0.130. The molecule has 0 N–H and O–H groups in total. The number of amides is 1. The molecule has 0 unspecified atom stereocenters. The van der Waals surface area contributed by atoms with Crippen molar-refractivity contribution in [3.05, 3.63) is 18.0 Å². The summed E-state index contributed by atoms with van der Waals surface area (Å²) in [6, 6.07) is 0.854. The van der Waals surface area contributed by atoms with Crippen molar-refractivity contribution in [3.8, 4) is 0 Å². The maximum atomic E-state index is 11.9. The van der Waals surface area contributed by atoms with Crippen LogP contribution in [-0.4, -0.2) is 64.9 Å². The van der Waals surface area contributed by atoms with Gasteiger partial charge in [0.2, 0.25) is 11.9 Å². The Morgan fingerprint density at radius 3 is 2.54 bits per heavy atom. The van der Waals surface area contributed by atoms with Gasteiger partial charge in [-0.25, -0.2) is 9.97 Å². The molecule has 0 aromatic carbocycles. The molecule has 0 spiro atoms. The summed E-state index contributed by atoms with van der Waals surface area (Å²) < 4.78 is 0. The molecular weight excluding hydrogens is 302 g/mol. The van der Waals surface area contributed by atoms with E-state index in [1.165, 1.54) is 19.3 Å². The van der Waals surface area contributed by atoms with Gasteiger partial charge < -0.3 is 9.80 Å². The highest BCUT2D eigenvalue weighted by molar-refractivity contribution is 5.74. The summed E-state index contributed by atoms with van der Waals surface area (Å²) in [5.74, 6) is 0.967. The van der Waals surface area contributed by atoms with Crippen LogP contribution < -0.4 is 4.90 Å². The quantitative estimate of drug-likeness (QED) is 0.847. The zero-order valence-corrected chi connectivity index (χ0v) is 15.1. The Morgan fingerprint density at radius 1 is 1.12 bits per heavy atom. The topological polar surface area (TPSA) is 52.6 Å². The molecule has 0 saturated carbocycles. The van der Waals surface area contributed by atoms with Crippen LogP contribution in [0.3, 0.4) is 0 Å². The van der Waals surface area contributed by atoms with Crippen LogP contribution in [0.4, 0.5) is 5.95 Å². The molecule has 2 saturated heterocycles. The number of carbonyl (C=O) groups is 1. The first-order chi connectivity index (χ1) is 11.6. The third-order valence-electron chi connectivity index (χ3n) is 5.31. The Labute approximate surface area is 144 Å². The fourth-order valence-corrected chi connectivity index (χ4v) is 4.10. The van der Waals surface area contributed by atoms with E-state index in [4.69, 9.17) is 0 Å². The van der Waals surface area contributed by atoms with Crippen LogP contribution in [0, 0.1) is 0 Å². The summed E-state index contributed by atoms with van der Waals surface area (Å²) >= 11 is 0. The van der Waals surface area contributed by atoms with Gasteiger partial charge in [-0.1, -0.05) is 12.8 Å². The Balaban J connectivity index is 1.73. The van der Waals surface area contributed by atoms with E-state index in [-0.39, 0.29) is 5.91 Å². The minimum atomic E-state index is 0.224. The van der Waals surface area contributed by atoms with Crippen LogP contribution in [0.25, 0.3) is 0 Å². The molecule has 1 aromatic heterocycles. The minimum absolute atomic E-state index is 0.224. The summed E-state index contributed by atoms with van der Waals surface area (Å²) in [4.78, 5) is 27.4. The molecule has 2 atom stereocenters. The van der Waals surface area contributed by atoms with Crippen LogP contribution in [0.1, 0.15) is 44.6 Å². The van der Waals surface area contributed by atoms with Gasteiger partial charge >= 0.3 is 0 Å². The number of hydrogen-bond acceptors (Lipinski definition) is 5. The third kappa shape index (κ3) is 3.69. The molecule has 0 bridgehead atoms. The van der Waals surface area contributed by atoms with Gasteiger partial charge in [0.15, 0.2) is 0 Å². The molecule has 6 nitrogen and oxygen atoms in total. The molecule has 1 aromatic rings. The SMILES string of the molecule is CC(=O)N1CC[C@H]2[C@H]1CCCCCN2Cc1cnc(N(C)C)nc1. The molecule has 2 fully saturated rings. The Kier molecular flexibility index (Phi) is 5.33. The van der Waals surface area contributed by atoms with Crippen LogP contribution in [0.5, 0.6) is 0 Å². The highest BCUT2D eigenvalue weighted by Gasteiger charge is 2.39. The van der Waals surface area contributed by atoms with Gasteiger partial charge in [-0.2, -0.15) is 0 Å². The van der Waals surface area contributed by atoms with Crippen molar-refractivity contribution in [2.45, 2.75) is 57.7 Å². The molecule has 6 heteroatoms. The fourth-order valence-electron chi connectivity index (χ4n) is 4.10. The number of aromatic nitrogens is 2. The number of anilines is 1. The van der Waals surface area contributed by atoms with E-state index < -0.39 is 0 Å². The van der Waals surface area contributed by atoms with Gasteiger partial charge in [-0.05, 0) is 25.8 Å². The van der Waals surface area contributed by atoms with Gasteiger partial charge in [0.25, 0.3) is 0 Å². The van der Waals surface area contributed by atoms with Crippen molar-refractivity contribution in [2.75, 3.05) is 32.1 Å². The summed E-state index contributed by atoms with van der Waals surface area (Å²) in [5, 5.41) is 0. The summed E-state index contributed by atoms with van der Waals surface area (Å²) in [7, 11) is 3.90. The Morgan fingerprint density at radius 2 is 1.88 bits per heavy atom. The standard InChI is InChI=1S/C18H29N5O/c1-14(24)23-10-8-16-17(23)7-5-4-6-9-22(16)13-15-11-19-18(20-12-15)21(2)3/h11-12,16-17H,4-10,13H2,1-3H3/t16-,17+/m0/s1. The zero-order valence-electron chi connectivity index (χ0n) is 15.1. The number of rotatable bonds is 3. The normalized spacial score (nSPS) is 25.0. The average Bonchev–Trinajstić information content (AvgIpc) is 2.95. The molecule has 1 amide bonds. The number of carbonyl (C=O) groups excluding carboxylic acids is 1. The molecule has 2 aliphatic heterocycles. The highest BCUT2D eigenvalue weighted by atomic mass is 16.2.